The number of aryl methyl sites for hydroxylation is 1. The minimum atomic E-state index is -0.213. The number of hydrogen-bond acceptors (Lipinski definition) is 5. The summed E-state index contributed by atoms with van der Waals surface area (Å²) in [4.78, 5) is 12.0. The van der Waals surface area contributed by atoms with Crippen LogP contribution in [0.4, 0.5) is 0 Å². The second kappa shape index (κ2) is 7.09. The molecule has 128 valence electrons. The van der Waals surface area contributed by atoms with Gasteiger partial charge in [-0.05, 0) is 43.0 Å². The Hall–Kier alpha value is -2.28. The van der Waals surface area contributed by atoms with E-state index < -0.39 is 0 Å². The standard InChI is InChI=1S/C17H20N2O4S/c1-3-21-17(20)8-12(6-13-9-16(24)19(2)18-13)11-4-5-14-15(7-11)23-10-22-14/h4-5,7,9,12,18H,3,6,8,10H2,1-2H3. The molecule has 1 aromatic carbocycles. The van der Waals surface area contributed by atoms with Crippen molar-refractivity contribution in [3.05, 3.63) is 40.2 Å². The van der Waals surface area contributed by atoms with E-state index in [2.05, 4.69) is 5.10 Å². The number of esters is 1. The first-order valence-electron chi connectivity index (χ1n) is 7.87. The summed E-state index contributed by atoms with van der Waals surface area (Å²) in [6.45, 7) is 2.41. The van der Waals surface area contributed by atoms with Crippen LogP contribution in [0, 0.1) is 4.64 Å². The van der Waals surface area contributed by atoms with E-state index >= 15 is 0 Å². The SMILES string of the molecule is CCOC(=O)CC(Cc1cc(=S)n(C)[nH]1)c1ccc2c(c1)OCO2. The summed E-state index contributed by atoms with van der Waals surface area (Å²) in [6.07, 6.45) is 0.950. The third-order valence-electron chi connectivity index (χ3n) is 3.99. The molecule has 1 atom stereocenters. The van der Waals surface area contributed by atoms with Gasteiger partial charge >= 0.3 is 5.97 Å². The second-order valence-electron chi connectivity index (χ2n) is 5.70. The smallest absolute Gasteiger partial charge is 0.306 e. The number of hydrogen-bond donors (Lipinski definition) is 1. The molecule has 0 bridgehead atoms. The van der Waals surface area contributed by atoms with Gasteiger partial charge in [0.15, 0.2) is 11.5 Å². The fourth-order valence-electron chi connectivity index (χ4n) is 2.81. The Morgan fingerprint density at radius 2 is 2.17 bits per heavy atom. The van der Waals surface area contributed by atoms with E-state index in [-0.39, 0.29) is 18.7 Å². The summed E-state index contributed by atoms with van der Waals surface area (Å²) in [7, 11) is 1.87. The first-order chi connectivity index (χ1) is 11.6. The molecular weight excluding hydrogens is 328 g/mol. The van der Waals surface area contributed by atoms with Gasteiger partial charge in [-0.3, -0.25) is 9.48 Å². The maximum absolute atomic E-state index is 12.0. The van der Waals surface area contributed by atoms with Crippen LogP contribution in [-0.4, -0.2) is 29.1 Å². The minimum Gasteiger partial charge on any atom is -0.466 e. The molecule has 0 saturated carbocycles. The normalized spacial score (nSPS) is 13.8. The summed E-state index contributed by atoms with van der Waals surface area (Å²) in [5.41, 5.74) is 1.99. The fraction of sp³-hybridized carbons (Fsp3) is 0.412. The Balaban J connectivity index is 1.86. The van der Waals surface area contributed by atoms with Gasteiger partial charge < -0.3 is 19.3 Å². The Kier molecular flexibility index (Phi) is 4.89. The number of ether oxygens (including phenoxy) is 3. The molecule has 7 heteroatoms. The number of aromatic amines is 1. The topological polar surface area (TPSA) is 65.5 Å². The van der Waals surface area contributed by atoms with E-state index in [1.807, 2.05) is 38.2 Å². The van der Waals surface area contributed by atoms with E-state index in [4.69, 9.17) is 26.4 Å². The first-order valence-corrected chi connectivity index (χ1v) is 8.27. The lowest BCUT2D eigenvalue weighted by molar-refractivity contribution is -0.143. The third-order valence-corrected chi connectivity index (χ3v) is 4.38. The Morgan fingerprint density at radius 3 is 2.88 bits per heavy atom. The van der Waals surface area contributed by atoms with Gasteiger partial charge in [0, 0.05) is 12.7 Å². The summed E-state index contributed by atoms with van der Waals surface area (Å²) in [6, 6.07) is 7.70. The largest absolute Gasteiger partial charge is 0.466 e. The van der Waals surface area contributed by atoms with E-state index in [0.717, 1.165) is 21.6 Å². The average Bonchev–Trinajstić information content (AvgIpc) is 3.13. The molecule has 0 aliphatic carbocycles. The monoisotopic (exact) mass is 348 g/mol. The molecule has 1 unspecified atom stereocenters. The lowest BCUT2D eigenvalue weighted by atomic mass is 9.91. The number of fused-ring (bicyclic) bond motifs is 1. The second-order valence-corrected chi connectivity index (χ2v) is 6.12. The number of carbonyl (C=O) groups excluding carboxylic acids is 1. The van der Waals surface area contributed by atoms with Gasteiger partial charge in [0.1, 0.15) is 4.64 Å². The number of benzene rings is 1. The fourth-order valence-corrected chi connectivity index (χ4v) is 3.00. The van der Waals surface area contributed by atoms with Crippen LogP contribution >= 0.6 is 12.2 Å². The molecule has 0 saturated heterocycles. The van der Waals surface area contributed by atoms with Crippen LogP contribution in [0.3, 0.4) is 0 Å². The van der Waals surface area contributed by atoms with Crippen LogP contribution < -0.4 is 9.47 Å². The summed E-state index contributed by atoms with van der Waals surface area (Å²) >= 11 is 5.24. The van der Waals surface area contributed by atoms with Crippen LogP contribution in [0.1, 0.15) is 30.5 Å². The van der Waals surface area contributed by atoms with E-state index in [1.54, 1.807) is 4.68 Å². The maximum Gasteiger partial charge on any atom is 0.306 e. The molecule has 24 heavy (non-hydrogen) atoms. The van der Waals surface area contributed by atoms with Crippen molar-refractivity contribution >= 4 is 18.2 Å². The lowest BCUT2D eigenvalue weighted by Crippen LogP contribution is -2.13. The van der Waals surface area contributed by atoms with Gasteiger partial charge in [-0.1, -0.05) is 18.3 Å². The number of nitrogens with zero attached hydrogens (tertiary/aromatic N) is 1. The summed E-state index contributed by atoms with van der Waals surface area (Å²) < 4.78 is 18.4. The molecule has 1 aliphatic heterocycles. The number of rotatable bonds is 6. The average molecular weight is 348 g/mol. The van der Waals surface area contributed by atoms with Crippen LogP contribution in [0.25, 0.3) is 0 Å². The molecule has 0 spiro atoms. The van der Waals surface area contributed by atoms with Crippen molar-refractivity contribution in [1.82, 2.24) is 9.78 Å². The molecule has 1 aromatic heterocycles. The highest BCUT2D eigenvalue weighted by atomic mass is 32.1. The molecule has 0 fully saturated rings. The van der Waals surface area contributed by atoms with Gasteiger partial charge in [-0.15, -0.1) is 0 Å². The molecule has 0 radical (unpaired) electrons. The number of nitrogens with one attached hydrogen (secondary N) is 1. The predicted octanol–water partition coefficient (Wildman–Crippen LogP) is 3.09. The van der Waals surface area contributed by atoms with Crippen molar-refractivity contribution < 1.29 is 19.0 Å². The molecule has 1 aliphatic rings. The highest BCUT2D eigenvalue weighted by Gasteiger charge is 2.22. The van der Waals surface area contributed by atoms with Crippen LogP contribution in [-0.2, 0) is 23.0 Å². The van der Waals surface area contributed by atoms with E-state index in [1.165, 1.54) is 0 Å². The van der Waals surface area contributed by atoms with Crippen molar-refractivity contribution in [3.8, 4) is 11.5 Å². The Labute approximate surface area is 145 Å². The van der Waals surface area contributed by atoms with Crippen molar-refractivity contribution in [2.75, 3.05) is 13.4 Å². The molecule has 3 rings (SSSR count). The highest BCUT2D eigenvalue weighted by molar-refractivity contribution is 7.71. The Morgan fingerprint density at radius 1 is 1.38 bits per heavy atom. The molecule has 2 heterocycles. The summed E-state index contributed by atoms with van der Waals surface area (Å²) in [5.74, 6) is 1.19. The van der Waals surface area contributed by atoms with Crippen molar-refractivity contribution in [1.29, 1.82) is 0 Å². The molecule has 2 aromatic rings. The number of H-pyrrole nitrogens is 1. The van der Waals surface area contributed by atoms with E-state index in [9.17, 15) is 4.79 Å². The van der Waals surface area contributed by atoms with Gasteiger partial charge in [0.2, 0.25) is 6.79 Å². The summed E-state index contributed by atoms with van der Waals surface area (Å²) in [5, 5.41) is 3.21. The van der Waals surface area contributed by atoms with Gasteiger partial charge in [-0.25, -0.2) is 0 Å². The zero-order chi connectivity index (χ0) is 17.1. The van der Waals surface area contributed by atoms with Crippen molar-refractivity contribution in [2.24, 2.45) is 7.05 Å². The van der Waals surface area contributed by atoms with Crippen LogP contribution in [0.2, 0.25) is 0 Å². The molecule has 1 N–H and O–H groups in total. The zero-order valence-corrected chi connectivity index (χ0v) is 14.5. The molecular formula is C17H20N2O4S. The third kappa shape index (κ3) is 3.62. The molecule has 0 amide bonds. The number of aromatic nitrogens is 2. The van der Waals surface area contributed by atoms with Gasteiger partial charge in [-0.2, -0.15) is 0 Å². The van der Waals surface area contributed by atoms with Gasteiger partial charge in [0.25, 0.3) is 0 Å². The first kappa shape index (κ1) is 16.6. The maximum atomic E-state index is 12.0. The van der Waals surface area contributed by atoms with Crippen molar-refractivity contribution in [2.45, 2.75) is 25.7 Å². The Bertz CT molecular complexity index is 796. The van der Waals surface area contributed by atoms with Crippen molar-refractivity contribution in [3.63, 3.8) is 0 Å². The predicted molar refractivity (Wildman–Crippen MR) is 90.9 cm³/mol. The highest BCUT2D eigenvalue weighted by Crippen LogP contribution is 2.36. The van der Waals surface area contributed by atoms with E-state index in [0.29, 0.717) is 25.2 Å². The van der Waals surface area contributed by atoms with Crippen LogP contribution in [0.15, 0.2) is 24.3 Å². The number of carbonyl (C=O) groups is 1. The van der Waals surface area contributed by atoms with Gasteiger partial charge in [0.05, 0.1) is 13.0 Å². The molecule has 6 nitrogen and oxygen atoms in total. The lowest BCUT2D eigenvalue weighted by Gasteiger charge is -2.16. The minimum absolute atomic E-state index is 0.0356. The van der Waals surface area contributed by atoms with Crippen LogP contribution in [0.5, 0.6) is 11.5 Å². The zero-order valence-electron chi connectivity index (χ0n) is 13.7. The quantitative estimate of drug-likeness (QED) is 0.642.